The molecule has 3 heterocycles. The number of fused-ring (bicyclic) bond motifs is 1. The predicted octanol–water partition coefficient (Wildman–Crippen LogP) is 3.39. The summed E-state index contributed by atoms with van der Waals surface area (Å²) in [6.45, 7) is 0.645. The van der Waals surface area contributed by atoms with Crippen LogP contribution in [0.3, 0.4) is 0 Å². The van der Waals surface area contributed by atoms with E-state index in [1.54, 1.807) is 7.11 Å². The van der Waals surface area contributed by atoms with E-state index < -0.39 is 17.8 Å². The second-order valence-electron chi connectivity index (χ2n) is 7.98. The Morgan fingerprint density at radius 1 is 1.13 bits per heavy atom. The Labute approximate surface area is 173 Å². The highest BCUT2D eigenvalue weighted by Crippen LogP contribution is 2.44. The second kappa shape index (κ2) is 7.16. The van der Waals surface area contributed by atoms with E-state index in [4.69, 9.17) is 9.72 Å². The van der Waals surface area contributed by atoms with Gasteiger partial charge in [-0.15, -0.1) is 0 Å². The van der Waals surface area contributed by atoms with Crippen molar-refractivity contribution in [3.63, 3.8) is 0 Å². The number of hydrogen-bond donors (Lipinski definition) is 1. The van der Waals surface area contributed by atoms with Crippen molar-refractivity contribution in [3.05, 3.63) is 54.5 Å². The molecule has 2 aromatic heterocycles. The highest BCUT2D eigenvalue weighted by atomic mass is 16.5. The molecule has 2 aliphatic rings. The van der Waals surface area contributed by atoms with Crippen molar-refractivity contribution in [1.29, 1.82) is 0 Å². The van der Waals surface area contributed by atoms with Crippen LogP contribution in [-0.4, -0.2) is 44.9 Å². The first-order valence-corrected chi connectivity index (χ1v) is 10.2. The number of methoxy groups -OCH3 is 1. The summed E-state index contributed by atoms with van der Waals surface area (Å²) in [6, 6.07) is 13.6. The van der Waals surface area contributed by atoms with E-state index in [1.807, 2.05) is 53.6 Å². The lowest BCUT2D eigenvalue weighted by atomic mass is 10.1. The molecule has 1 aliphatic carbocycles. The van der Waals surface area contributed by atoms with E-state index in [2.05, 4.69) is 4.40 Å². The molecule has 2 fully saturated rings. The lowest BCUT2D eigenvalue weighted by molar-refractivity contribution is -0.142. The second-order valence-corrected chi connectivity index (χ2v) is 7.98. The standard InChI is InChI=1S/C23H23N3O4/c1-30-15-9-7-14(8-10-15)20-18-5-2-3-11-25(18)21(24-20)19-6-4-12-26(19)22(27)16-13-17(16)23(28)29/h2-3,5,7-11,16-17,19H,4,6,12-13H2,1H3,(H,28,29). The number of benzene rings is 1. The van der Waals surface area contributed by atoms with Gasteiger partial charge in [0.1, 0.15) is 11.6 Å². The summed E-state index contributed by atoms with van der Waals surface area (Å²) in [5.74, 6) is -0.246. The Morgan fingerprint density at radius 3 is 2.63 bits per heavy atom. The van der Waals surface area contributed by atoms with E-state index in [-0.39, 0.29) is 11.9 Å². The first kappa shape index (κ1) is 18.7. The number of aromatic nitrogens is 2. The maximum Gasteiger partial charge on any atom is 0.307 e. The third-order valence-electron chi connectivity index (χ3n) is 6.20. The van der Waals surface area contributed by atoms with E-state index in [0.717, 1.165) is 41.2 Å². The van der Waals surface area contributed by atoms with Crippen molar-refractivity contribution >= 4 is 17.4 Å². The molecule has 1 saturated heterocycles. The molecule has 3 unspecified atom stereocenters. The van der Waals surface area contributed by atoms with Gasteiger partial charge in [0.05, 0.1) is 36.2 Å². The van der Waals surface area contributed by atoms with Gasteiger partial charge in [-0.1, -0.05) is 6.07 Å². The number of nitrogens with zero attached hydrogens (tertiary/aromatic N) is 3. The van der Waals surface area contributed by atoms with Crippen LogP contribution in [-0.2, 0) is 9.59 Å². The zero-order chi connectivity index (χ0) is 20.8. The van der Waals surface area contributed by atoms with E-state index >= 15 is 0 Å². The normalized spacial score (nSPS) is 23.0. The number of carboxylic acid groups (broad SMARTS) is 1. The van der Waals surface area contributed by atoms with Gasteiger partial charge in [0.15, 0.2) is 0 Å². The predicted molar refractivity (Wildman–Crippen MR) is 110 cm³/mol. The number of amides is 1. The van der Waals surface area contributed by atoms with Crippen molar-refractivity contribution < 1.29 is 19.4 Å². The third kappa shape index (κ3) is 3.01. The minimum Gasteiger partial charge on any atom is -0.497 e. The molecule has 0 spiro atoms. The number of aliphatic carboxylic acids is 1. The molecule has 0 bridgehead atoms. The Hall–Kier alpha value is -3.35. The first-order chi connectivity index (χ1) is 14.6. The Morgan fingerprint density at radius 2 is 1.93 bits per heavy atom. The summed E-state index contributed by atoms with van der Waals surface area (Å²) in [5, 5.41) is 9.21. The van der Waals surface area contributed by atoms with Gasteiger partial charge in [-0.05, 0) is 55.7 Å². The summed E-state index contributed by atoms with van der Waals surface area (Å²) in [7, 11) is 1.64. The SMILES string of the molecule is COc1ccc(-c2nc(C3CCCN3C(=O)C3CC3C(=O)O)n3ccccc23)cc1. The van der Waals surface area contributed by atoms with Crippen LogP contribution < -0.4 is 4.74 Å². The fourth-order valence-corrected chi connectivity index (χ4v) is 4.51. The fourth-order valence-electron chi connectivity index (χ4n) is 4.51. The zero-order valence-electron chi connectivity index (χ0n) is 16.7. The maximum absolute atomic E-state index is 13.0. The van der Waals surface area contributed by atoms with Gasteiger partial charge in [-0.2, -0.15) is 0 Å². The molecule has 1 N–H and O–H groups in total. The molecular formula is C23H23N3O4. The van der Waals surface area contributed by atoms with Crippen LogP contribution in [0.15, 0.2) is 48.7 Å². The summed E-state index contributed by atoms with van der Waals surface area (Å²) < 4.78 is 7.31. The van der Waals surface area contributed by atoms with Crippen molar-refractivity contribution in [3.8, 4) is 17.0 Å². The van der Waals surface area contributed by atoms with Crippen LogP contribution in [0, 0.1) is 11.8 Å². The van der Waals surface area contributed by atoms with Gasteiger partial charge < -0.3 is 19.1 Å². The zero-order valence-corrected chi connectivity index (χ0v) is 16.7. The Balaban J connectivity index is 1.52. The molecule has 1 saturated carbocycles. The van der Waals surface area contributed by atoms with Gasteiger partial charge in [0.25, 0.3) is 0 Å². The van der Waals surface area contributed by atoms with Crippen molar-refractivity contribution in [2.75, 3.05) is 13.7 Å². The summed E-state index contributed by atoms with van der Waals surface area (Å²) in [5.41, 5.74) is 2.82. The molecule has 7 nitrogen and oxygen atoms in total. The Bertz CT molecular complexity index is 1120. The van der Waals surface area contributed by atoms with Crippen LogP contribution in [0.25, 0.3) is 16.8 Å². The molecule has 154 valence electrons. The average Bonchev–Trinajstić information content (AvgIpc) is 3.28. The van der Waals surface area contributed by atoms with E-state index in [0.29, 0.717) is 13.0 Å². The highest BCUT2D eigenvalue weighted by molar-refractivity contribution is 5.90. The summed E-state index contributed by atoms with van der Waals surface area (Å²) in [6.07, 6.45) is 4.13. The van der Waals surface area contributed by atoms with Gasteiger partial charge in [-0.3, -0.25) is 9.59 Å². The first-order valence-electron chi connectivity index (χ1n) is 10.2. The maximum atomic E-state index is 13.0. The van der Waals surface area contributed by atoms with Gasteiger partial charge in [-0.25, -0.2) is 4.98 Å². The number of pyridine rings is 1. The molecule has 3 aromatic rings. The molecule has 1 aliphatic heterocycles. The number of rotatable bonds is 5. The van der Waals surface area contributed by atoms with Crippen LogP contribution >= 0.6 is 0 Å². The van der Waals surface area contributed by atoms with Crippen LogP contribution in [0.4, 0.5) is 0 Å². The number of ether oxygens (including phenoxy) is 1. The van der Waals surface area contributed by atoms with E-state index in [1.165, 1.54) is 0 Å². The molecular weight excluding hydrogens is 382 g/mol. The molecule has 3 atom stereocenters. The molecule has 7 heteroatoms. The fraction of sp³-hybridized carbons (Fsp3) is 0.348. The number of carboxylic acids is 1. The quantitative estimate of drug-likeness (QED) is 0.703. The van der Waals surface area contributed by atoms with Crippen LogP contribution in [0.1, 0.15) is 31.1 Å². The number of hydrogen-bond acceptors (Lipinski definition) is 4. The molecule has 5 rings (SSSR count). The number of imidazole rings is 1. The lowest BCUT2D eigenvalue weighted by Gasteiger charge is -2.24. The van der Waals surface area contributed by atoms with Crippen molar-refractivity contribution in [2.45, 2.75) is 25.3 Å². The third-order valence-corrected chi connectivity index (χ3v) is 6.20. The minimum atomic E-state index is -0.878. The average molecular weight is 405 g/mol. The lowest BCUT2D eigenvalue weighted by Crippen LogP contribution is -2.33. The number of carbonyl (C=O) groups is 2. The molecule has 30 heavy (non-hydrogen) atoms. The summed E-state index contributed by atoms with van der Waals surface area (Å²) in [4.78, 5) is 31.0. The van der Waals surface area contributed by atoms with Crippen LogP contribution in [0.2, 0.25) is 0 Å². The molecule has 1 amide bonds. The van der Waals surface area contributed by atoms with Gasteiger partial charge in [0, 0.05) is 18.3 Å². The largest absolute Gasteiger partial charge is 0.497 e. The topological polar surface area (TPSA) is 84.1 Å². The summed E-state index contributed by atoms with van der Waals surface area (Å²) >= 11 is 0. The number of likely N-dealkylation sites (tertiary alicyclic amines) is 1. The molecule has 0 radical (unpaired) electrons. The minimum absolute atomic E-state index is 0.0522. The monoisotopic (exact) mass is 405 g/mol. The van der Waals surface area contributed by atoms with Gasteiger partial charge >= 0.3 is 5.97 Å². The van der Waals surface area contributed by atoms with Crippen LogP contribution in [0.5, 0.6) is 5.75 Å². The number of carbonyl (C=O) groups excluding carboxylic acids is 1. The smallest absolute Gasteiger partial charge is 0.307 e. The molecule has 1 aromatic carbocycles. The Kier molecular flexibility index (Phi) is 4.46. The van der Waals surface area contributed by atoms with Gasteiger partial charge in [0.2, 0.25) is 5.91 Å². The highest BCUT2D eigenvalue weighted by Gasteiger charge is 2.51. The van der Waals surface area contributed by atoms with Crippen molar-refractivity contribution in [2.24, 2.45) is 11.8 Å². The van der Waals surface area contributed by atoms with E-state index in [9.17, 15) is 14.7 Å². The van der Waals surface area contributed by atoms with Crippen molar-refractivity contribution in [1.82, 2.24) is 14.3 Å².